The topological polar surface area (TPSA) is 47.9 Å². The lowest BCUT2D eigenvalue weighted by Gasteiger charge is -2.48. The summed E-state index contributed by atoms with van der Waals surface area (Å²) < 4.78 is 204. The van der Waals surface area contributed by atoms with E-state index < -0.39 is 78.7 Å². The highest BCUT2D eigenvalue weighted by Crippen LogP contribution is 2.74. The zero-order valence-corrected chi connectivity index (χ0v) is 30.0. The average molecular weight is 799 g/mol. The second-order valence-corrected chi connectivity index (χ2v) is 17.0. The Hall–Kier alpha value is -1.14. The fourth-order valence-corrected chi connectivity index (χ4v) is 12.0. The zero-order chi connectivity index (χ0) is 40.1. The Labute approximate surface area is 299 Å². The largest absolute Gasteiger partial charge is 0.426 e. The Balaban J connectivity index is 0.000000204. The van der Waals surface area contributed by atoms with Crippen LogP contribution < -0.4 is 0 Å². The van der Waals surface area contributed by atoms with Gasteiger partial charge in [-0.05, 0) is 103 Å². The van der Waals surface area contributed by atoms with E-state index in [0.717, 1.165) is 6.42 Å². The Kier molecular flexibility index (Phi) is 11.2. The fraction of sp³-hybridized carbons (Fsp3) is 1.00. The van der Waals surface area contributed by atoms with Gasteiger partial charge in [-0.25, -0.2) is 8.78 Å². The van der Waals surface area contributed by atoms with Gasteiger partial charge in [-0.3, -0.25) is 0 Å². The number of aliphatic hydroxyl groups is 1. The molecule has 0 spiro atoms. The number of rotatable bonds is 10. The van der Waals surface area contributed by atoms with Crippen LogP contribution in [0, 0.1) is 71.0 Å². The molecule has 4 nitrogen and oxygen atoms in total. The maximum atomic E-state index is 15.6. The van der Waals surface area contributed by atoms with E-state index in [-0.39, 0.29) is 67.5 Å². The summed E-state index contributed by atoms with van der Waals surface area (Å²) in [6.07, 6.45) is -26.4. The molecule has 6 aliphatic carbocycles. The monoisotopic (exact) mass is 798 g/mol. The quantitative estimate of drug-likeness (QED) is 0.104. The normalized spacial score (nSPS) is 42.3. The van der Waals surface area contributed by atoms with Gasteiger partial charge in [0.2, 0.25) is 0 Å². The summed E-state index contributed by atoms with van der Waals surface area (Å²) in [6.45, 7) is 6.20. The van der Waals surface area contributed by atoms with Gasteiger partial charge in [0.25, 0.3) is 11.2 Å². The SMILES string of the molecule is CC1C(C)C2CC1C1C3CC(C21)C(F)(CC(O)(C(F)(F)F)C(F)(F)F)C3.COCCOCOC(CC1(F)CC2CC1C(C)C2C)(C(F)(F)F)C(F)(F)F. The van der Waals surface area contributed by atoms with Crippen LogP contribution in [0.3, 0.4) is 0 Å². The molecule has 0 amide bonds. The first-order chi connectivity index (χ1) is 24.0. The van der Waals surface area contributed by atoms with E-state index in [1.54, 1.807) is 6.92 Å². The Morgan fingerprint density at radius 2 is 1.08 bits per heavy atom. The molecule has 0 aromatic carbocycles. The van der Waals surface area contributed by atoms with Crippen molar-refractivity contribution in [2.24, 2.45) is 71.0 Å². The van der Waals surface area contributed by atoms with E-state index in [4.69, 9.17) is 0 Å². The lowest BCUT2D eigenvalue weighted by Crippen LogP contribution is -2.63. The maximum Gasteiger partial charge on any atom is 0.426 e. The highest BCUT2D eigenvalue weighted by molar-refractivity contribution is 5.20. The van der Waals surface area contributed by atoms with Crippen LogP contribution >= 0.6 is 0 Å². The summed E-state index contributed by atoms with van der Waals surface area (Å²) >= 11 is 0. The minimum atomic E-state index is -5.96. The van der Waals surface area contributed by atoms with E-state index >= 15 is 8.78 Å². The lowest BCUT2D eigenvalue weighted by atomic mass is 9.60. The van der Waals surface area contributed by atoms with Crippen LogP contribution in [0.1, 0.15) is 72.6 Å². The smallest absolute Gasteiger partial charge is 0.382 e. The van der Waals surface area contributed by atoms with Crippen LogP contribution in [-0.4, -0.2) is 79.5 Å². The van der Waals surface area contributed by atoms with Gasteiger partial charge in [-0.1, -0.05) is 27.7 Å². The van der Waals surface area contributed by atoms with E-state index in [1.807, 2.05) is 6.92 Å². The molecule has 18 heteroatoms. The van der Waals surface area contributed by atoms with Gasteiger partial charge >= 0.3 is 24.7 Å². The maximum absolute atomic E-state index is 15.6. The Morgan fingerprint density at radius 3 is 1.55 bits per heavy atom. The lowest BCUT2D eigenvalue weighted by molar-refractivity contribution is -0.402. The third-order valence-corrected chi connectivity index (χ3v) is 14.8. The van der Waals surface area contributed by atoms with Crippen LogP contribution in [0.2, 0.25) is 0 Å². The van der Waals surface area contributed by atoms with Gasteiger partial charge in [-0.15, -0.1) is 0 Å². The highest BCUT2D eigenvalue weighted by Gasteiger charge is 2.78. The van der Waals surface area contributed by atoms with E-state index in [0.29, 0.717) is 30.6 Å². The summed E-state index contributed by atoms with van der Waals surface area (Å²) in [5, 5.41) is 9.51. The molecule has 310 valence electrons. The number of hydrogen-bond acceptors (Lipinski definition) is 4. The molecule has 6 rings (SSSR count). The molecule has 0 aliphatic heterocycles. The first kappa shape index (κ1) is 43.0. The van der Waals surface area contributed by atoms with E-state index in [2.05, 4.69) is 28.1 Å². The molecule has 0 saturated heterocycles. The van der Waals surface area contributed by atoms with Gasteiger partial charge in [0.05, 0.1) is 13.2 Å². The van der Waals surface area contributed by atoms with Crippen molar-refractivity contribution in [2.45, 2.75) is 120 Å². The zero-order valence-electron chi connectivity index (χ0n) is 30.0. The van der Waals surface area contributed by atoms with Gasteiger partial charge in [0.1, 0.15) is 18.1 Å². The molecule has 0 aromatic heterocycles. The second-order valence-electron chi connectivity index (χ2n) is 17.0. The Bertz CT molecular complexity index is 1270. The van der Waals surface area contributed by atoms with Gasteiger partial charge in [-0.2, -0.15) is 52.7 Å². The summed E-state index contributed by atoms with van der Waals surface area (Å²) in [4.78, 5) is 0. The third-order valence-electron chi connectivity index (χ3n) is 14.8. The third kappa shape index (κ3) is 6.88. The first-order valence-corrected chi connectivity index (χ1v) is 18.1. The molecule has 14 unspecified atom stereocenters. The van der Waals surface area contributed by atoms with Crippen molar-refractivity contribution >= 4 is 0 Å². The van der Waals surface area contributed by atoms with Crippen LogP contribution in [0.25, 0.3) is 0 Å². The molecule has 14 atom stereocenters. The summed E-state index contributed by atoms with van der Waals surface area (Å²) in [5.41, 5.74) is -14.8. The molecule has 0 heterocycles. The number of methoxy groups -OCH3 is 1. The van der Waals surface area contributed by atoms with Crippen molar-refractivity contribution in [1.29, 1.82) is 0 Å². The summed E-state index contributed by atoms with van der Waals surface area (Å²) in [7, 11) is 1.30. The molecule has 6 saturated carbocycles. The molecule has 6 fully saturated rings. The number of alkyl halides is 14. The van der Waals surface area contributed by atoms with E-state index in [1.165, 1.54) is 7.11 Å². The molecule has 6 aliphatic rings. The fourth-order valence-electron chi connectivity index (χ4n) is 12.0. The number of hydrogen-bond donors (Lipinski definition) is 1. The molecular formula is C35H48F14O4. The number of fused-ring (bicyclic) bond motifs is 11. The van der Waals surface area contributed by atoms with Crippen molar-refractivity contribution in [3.05, 3.63) is 0 Å². The second kappa shape index (κ2) is 13.8. The van der Waals surface area contributed by atoms with Crippen molar-refractivity contribution in [2.75, 3.05) is 27.1 Å². The van der Waals surface area contributed by atoms with Crippen molar-refractivity contribution in [3.63, 3.8) is 0 Å². The molecule has 0 aromatic rings. The standard InChI is InChI=1S/C18H23F7O.C17H25F7O3/c1-7-8(2)11-4-10(7)13-9-3-12(14(11)13)15(19,5-9)6-16(26,17(20,21)22)18(23,24)25;1-10-11(2)13-6-12(10)7-14(13,18)8-15(16(19,20)21,17(22,23)24)27-9-26-5-4-25-3/h7-14,26H,3-6H2,1-2H3;10-13H,4-9H2,1-3H3. The summed E-state index contributed by atoms with van der Waals surface area (Å²) in [6, 6.07) is 0. The molecule has 6 bridgehead atoms. The van der Waals surface area contributed by atoms with Crippen molar-refractivity contribution in [1.82, 2.24) is 0 Å². The van der Waals surface area contributed by atoms with Gasteiger partial charge in [0, 0.05) is 20.0 Å². The minimum absolute atomic E-state index is 0.0272. The van der Waals surface area contributed by atoms with Crippen molar-refractivity contribution < 1.29 is 80.8 Å². The Morgan fingerprint density at radius 1 is 0.585 bits per heavy atom. The minimum Gasteiger partial charge on any atom is -0.382 e. The van der Waals surface area contributed by atoms with E-state index in [9.17, 15) is 57.8 Å². The van der Waals surface area contributed by atoms with Crippen LogP contribution in [0.5, 0.6) is 0 Å². The van der Waals surface area contributed by atoms with Gasteiger partial charge in [0.15, 0.2) is 0 Å². The average Bonchev–Trinajstić information content (AvgIpc) is 3.82. The first-order valence-electron chi connectivity index (χ1n) is 18.1. The number of ether oxygens (including phenoxy) is 3. The molecule has 0 radical (unpaired) electrons. The number of halogens is 14. The van der Waals surface area contributed by atoms with Crippen LogP contribution in [-0.2, 0) is 14.2 Å². The molecule has 1 N–H and O–H groups in total. The summed E-state index contributed by atoms with van der Waals surface area (Å²) in [5.74, 6) is -0.791. The van der Waals surface area contributed by atoms with Crippen molar-refractivity contribution in [3.8, 4) is 0 Å². The predicted octanol–water partition coefficient (Wildman–Crippen LogP) is 10.0. The predicted molar refractivity (Wildman–Crippen MR) is 160 cm³/mol. The highest BCUT2D eigenvalue weighted by atomic mass is 19.4. The molecular weight excluding hydrogens is 750 g/mol. The van der Waals surface area contributed by atoms with Crippen LogP contribution in [0.4, 0.5) is 61.5 Å². The van der Waals surface area contributed by atoms with Crippen LogP contribution in [0.15, 0.2) is 0 Å². The molecule has 53 heavy (non-hydrogen) atoms. The van der Waals surface area contributed by atoms with Gasteiger partial charge < -0.3 is 19.3 Å².